The molecule has 0 unspecified atom stereocenters. The smallest absolute Gasteiger partial charge is 0.316 e. The van der Waals surface area contributed by atoms with Gasteiger partial charge in [-0.15, -0.1) is 12.4 Å². The fourth-order valence-corrected chi connectivity index (χ4v) is 4.35. The van der Waals surface area contributed by atoms with E-state index in [4.69, 9.17) is 4.74 Å². The van der Waals surface area contributed by atoms with Crippen molar-refractivity contribution in [1.29, 1.82) is 0 Å². The van der Waals surface area contributed by atoms with E-state index < -0.39 is 15.4 Å². The lowest BCUT2D eigenvalue weighted by Gasteiger charge is -2.26. The van der Waals surface area contributed by atoms with Gasteiger partial charge in [0, 0.05) is 26.2 Å². The molecule has 0 atom stereocenters. The first-order valence-corrected chi connectivity index (χ1v) is 8.84. The number of sulfonamides is 1. The molecular weight excluding hydrogens is 340 g/mol. The van der Waals surface area contributed by atoms with Crippen LogP contribution in [-0.2, 0) is 25.0 Å². The molecule has 8 heteroatoms. The Bertz CT molecular complexity index is 665. The molecule has 0 amide bonds. The number of hydrogen-bond acceptors (Lipinski definition) is 5. The number of ether oxygens (including phenoxy) is 1. The largest absolute Gasteiger partial charge is 0.468 e. The summed E-state index contributed by atoms with van der Waals surface area (Å²) in [6.45, 7) is 2.30. The van der Waals surface area contributed by atoms with Crippen molar-refractivity contribution in [3.8, 4) is 0 Å². The molecule has 128 valence electrons. The van der Waals surface area contributed by atoms with Crippen LogP contribution in [0.15, 0.2) is 29.2 Å². The maximum atomic E-state index is 12.6. The molecular formula is C15H21ClN2O4S. The minimum Gasteiger partial charge on any atom is -0.468 e. The summed E-state index contributed by atoms with van der Waals surface area (Å²) >= 11 is 0. The molecule has 1 aliphatic carbocycles. The number of piperazine rings is 1. The van der Waals surface area contributed by atoms with Crippen molar-refractivity contribution in [2.45, 2.75) is 23.2 Å². The van der Waals surface area contributed by atoms with Gasteiger partial charge >= 0.3 is 5.97 Å². The van der Waals surface area contributed by atoms with Gasteiger partial charge in [-0.05, 0) is 30.5 Å². The van der Waals surface area contributed by atoms with Crippen molar-refractivity contribution >= 4 is 28.4 Å². The molecule has 1 aliphatic heterocycles. The van der Waals surface area contributed by atoms with E-state index in [1.807, 2.05) is 0 Å². The van der Waals surface area contributed by atoms with Crippen molar-refractivity contribution in [2.75, 3.05) is 33.3 Å². The highest BCUT2D eigenvalue weighted by Gasteiger charge is 2.52. The molecule has 1 saturated carbocycles. The minimum atomic E-state index is -3.45. The van der Waals surface area contributed by atoms with Gasteiger partial charge in [0.25, 0.3) is 0 Å². The van der Waals surface area contributed by atoms with Crippen LogP contribution in [0, 0.1) is 0 Å². The fraction of sp³-hybridized carbons (Fsp3) is 0.533. The summed E-state index contributed by atoms with van der Waals surface area (Å²) in [4.78, 5) is 12.1. The van der Waals surface area contributed by atoms with Crippen LogP contribution >= 0.6 is 12.4 Å². The molecule has 0 radical (unpaired) electrons. The predicted octanol–water partition coefficient (Wildman–Crippen LogP) is 0.907. The zero-order valence-corrected chi connectivity index (χ0v) is 14.6. The van der Waals surface area contributed by atoms with Crippen LogP contribution in [0.1, 0.15) is 18.4 Å². The number of nitrogens with one attached hydrogen (secondary N) is 1. The Morgan fingerprint density at radius 1 is 1.17 bits per heavy atom. The number of carbonyl (C=O) groups excluding carboxylic acids is 1. The van der Waals surface area contributed by atoms with Gasteiger partial charge in [0.05, 0.1) is 17.4 Å². The third kappa shape index (κ3) is 3.24. The first-order chi connectivity index (χ1) is 10.5. The fourth-order valence-electron chi connectivity index (χ4n) is 2.91. The lowest BCUT2D eigenvalue weighted by molar-refractivity contribution is -0.143. The number of esters is 1. The summed E-state index contributed by atoms with van der Waals surface area (Å²) in [6, 6.07) is 6.66. The molecule has 2 aliphatic rings. The molecule has 23 heavy (non-hydrogen) atoms. The Balaban J connectivity index is 0.00000192. The number of hydrogen-bond donors (Lipinski definition) is 1. The van der Waals surface area contributed by atoms with Gasteiger partial charge in [-0.1, -0.05) is 12.1 Å². The second-order valence-electron chi connectivity index (χ2n) is 5.75. The van der Waals surface area contributed by atoms with Gasteiger partial charge in [0.2, 0.25) is 10.0 Å². The third-order valence-corrected chi connectivity index (χ3v) is 6.36. The second kappa shape index (κ2) is 6.76. The lowest BCUT2D eigenvalue weighted by atomic mass is 9.96. The highest BCUT2D eigenvalue weighted by Crippen LogP contribution is 2.49. The quantitative estimate of drug-likeness (QED) is 0.808. The molecule has 0 bridgehead atoms. The van der Waals surface area contributed by atoms with E-state index in [1.54, 1.807) is 24.3 Å². The van der Waals surface area contributed by atoms with E-state index in [0.29, 0.717) is 26.2 Å². The first kappa shape index (κ1) is 18.2. The zero-order valence-electron chi connectivity index (χ0n) is 12.9. The maximum Gasteiger partial charge on any atom is 0.316 e. The topological polar surface area (TPSA) is 75.7 Å². The van der Waals surface area contributed by atoms with Gasteiger partial charge in [-0.3, -0.25) is 4.79 Å². The molecule has 1 aromatic rings. The van der Waals surface area contributed by atoms with Gasteiger partial charge in [-0.25, -0.2) is 8.42 Å². The van der Waals surface area contributed by atoms with Gasteiger partial charge in [-0.2, -0.15) is 4.31 Å². The van der Waals surface area contributed by atoms with E-state index in [1.165, 1.54) is 11.4 Å². The van der Waals surface area contributed by atoms with Crippen molar-refractivity contribution in [2.24, 2.45) is 0 Å². The van der Waals surface area contributed by atoms with E-state index >= 15 is 0 Å². The lowest BCUT2D eigenvalue weighted by Crippen LogP contribution is -2.46. The molecule has 1 saturated heterocycles. The number of carbonyl (C=O) groups is 1. The highest BCUT2D eigenvalue weighted by molar-refractivity contribution is 7.89. The Morgan fingerprint density at radius 2 is 1.74 bits per heavy atom. The van der Waals surface area contributed by atoms with Crippen LogP contribution in [0.4, 0.5) is 0 Å². The number of nitrogens with zero attached hydrogens (tertiary/aromatic N) is 1. The Morgan fingerprint density at radius 3 is 2.22 bits per heavy atom. The molecule has 0 aromatic heterocycles. The van der Waals surface area contributed by atoms with Crippen molar-refractivity contribution in [3.05, 3.63) is 29.8 Å². The van der Waals surface area contributed by atoms with Gasteiger partial charge in [0.1, 0.15) is 0 Å². The number of methoxy groups -OCH3 is 1. The zero-order chi connectivity index (χ0) is 15.8. The summed E-state index contributed by atoms with van der Waals surface area (Å²) in [5, 5.41) is 3.14. The highest BCUT2D eigenvalue weighted by atomic mass is 35.5. The van der Waals surface area contributed by atoms with Crippen LogP contribution in [0.2, 0.25) is 0 Å². The van der Waals surface area contributed by atoms with E-state index in [2.05, 4.69) is 5.32 Å². The minimum absolute atomic E-state index is 0. The first-order valence-electron chi connectivity index (χ1n) is 7.40. The molecule has 3 rings (SSSR count). The van der Waals surface area contributed by atoms with Gasteiger partial charge in [0.15, 0.2) is 0 Å². The van der Waals surface area contributed by atoms with Crippen LogP contribution in [0.5, 0.6) is 0 Å². The third-order valence-electron chi connectivity index (χ3n) is 4.45. The maximum absolute atomic E-state index is 12.6. The number of halogens is 1. The van der Waals surface area contributed by atoms with Crippen molar-refractivity contribution < 1.29 is 17.9 Å². The molecule has 1 heterocycles. The van der Waals surface area contributed by atoms with Gasteiger partial charge < -0.3 is 10.1 Å². The Kier molecular flexibility index (Phi) is 5.35. The van der Waals surface area contributed by atoms with E-state index in [0.717, 1.165) is 18.4 Å². The summed E-state index contributed by atoms with van der Waals surface area (Å²) in [7, 11) is -2.07. The van der Waals surface area contributed by atoms with Crippen molar-refractivity contribution in [1.82, 2.24) is 9.62 Å². The molecule has 1 N–H and O–H groups in total. The Labute approximate surface area is 142 Å². The second-order valence-corrected chi connectivity index (χ2v) is 7.69. The molecule has 1 aromatic carbocycles. The van der Waals surface area contributed by atoms with Crippen molar-refractivity contribution in [3.63, 3.8) is 0 Å². The monoisotopic (exact) mass is 360 g/mol. The molecule has 6 nitrogen and oxygen atoms in total. The predicted molar refractivity (Wildman–Crippen MR) is 88.2 cm³/mol. The van der Waals surface area contributed by atoms with E-state index in [-0.39, 0.29) is 23.3 Å². The summed E-state index contributed by atoms with van der Waals surface area (Å²) in [5.74, 6) is -0.245. The number of benzene rings is 1. The summed E-state index contributed by atoms with van der Waals surface area (Å²) < 4.78 is 31.5. The SMILES string of the molecule is COC(=O)C1(c2ccc(S(=O)(=O)N3CCNCC3)cc2)CC1.Cl. The normalized spacial score (nSPS) is 20.4. The number of rotatable bonds is 4. The van der Waals surface area contributed by atoms with E-state index in [9.17, 15) is 13.2 Å². The summed E-state index contributed by atoms with van der Waals surface area (Å²) in [5.41, 5.74) is 0.269. The van der Waals surface area contributed by atoms with Crippen LogP contribution in [0.25, 0.3) is 0 Å². The summed E-state index contributed by atoms with van der Waals surface area (Å²) in [6.07, 6.45) is 1.51. The molecule has 0 spiro atoms. The average molecular weight is 361 g/mol. The van der Waals surface area contributed by atoms with Crippen LogP contribution in [0.3, 0.4) is 0 Å². The molecule has 2 fully saturated rings. The Hall–Kier alpha value is -1.15. The standard InChI is InChI=1S/C15H20N2O4S.ClH/c1-21-14(18)15(6-7-15)12-2-4-13(5-3-12)22(19,20)17-10-8-16-9-11-17;/h2-5,16H,6-11H2,1H3;1H. The van der Waals surface area contributed by atoms with Crippen LogP contribution < -0.4 is 5.32 Å². The average Bonchev–Trinajstić information content (AvgIpc) is 3.37. The van der Waals surface area contributed by atoms with Crippen LogP contribution in [-0.4, -0.2) is 52.0 Å².